The lowest BCUT2D eigenvalue weighted by atomic mass is 10.3. The summed E-state index contributed by atoms with van der Waals surface area (Å²) in [7, 11) is 1.67. The number of nitrogens with zero attached hydrogens (tertiary/aromatic N) is 2. The van der Waals surface area contributed by atoms with Crippen LogP contribution in [0.25, 0.3) is 0 Å². The minimum atomic E-state index is -0.533. The van der Waals surface area contributed by atoms with Crippen molar-refractivity contribution in [3.05, 3.63) is 49.4 Å². The number of benzene rings is 1. The van der Waals surface area contributed by atoms with E-state index in [9.17, 15) is 10.1 Å². The lowest BCUT2D eigenvalue weighted by molar-refractivity contribution is -0.386. The van der Waals surface area contributed by atoms with Crippen LogP contribution < -0.4 is 10.1 Å². The van der Waals surface area contributed by atoms with E-state index in [1.54, 1.807) is 25.2 Å². The summed E-state index contributed by atoms with van der Waals surface area (Å²) in [6.45, 7) is 0. The Morgan fingerprint density at radius 3 is 2.65 bits per heavy atom. The van der Waals surface area contributed by atoms with Gasteiger partial charge in [0.1, 0.15) is 11.6 Å². The molecule has 0 saturated carbocycles. The average Bonchev–Trinajstić information content (AvgIpc) is 2.41. The van der Waals surface area contributed by atoms with Crippen LogP contribution in [0.1, 0.15) is 0 Å². The van der Waals surface area contributed by atoms with Crippen molar-refractivity contribution in [2.75, 3.05) is 12.4 Å². The highest BCUT2D eigenvalue weighted by Crippen LogP contribution is 2.35. The summed E-state index contributed by atoms with van der Waals surface area (Å²) in [4.78, 5) is 14.5. The molecule has 8 heteroatoms. The fourth-order valence-electron chi connectivity index (χ4n) is 1.45. The minimum absolute atomic E-state index is 0.0649. The van der Waals surface area contributed by atoms with Gasteiger partial charge in [0.2, 0.25) is 0 Å². The van der Waals surface area contributed by atoms with E-state index in [0.29, 0.717) is 16.0 Å². The maximum atomic E-state index is 11.0. The predicted molar refractivity (Wildman–Crippen MR) is 82.4 cm³/mol. The van der Waals surface area contributed by atoms with Crippen LogP contribution in [0, 0.1) is 10.1 Å². The quantitative estimate of drug-likeness (QED) is 0.607. The first-order valence-corrected chi connectivity index (χ1v) is 7.06. The number of nitrogens with one attached hydrogen (secondary N) is 1. The predicted octanol–water partition coefficient (Wildman–Crippen LogP) is 4.35. The van der Waals surface area contributed by atoms with Crippen LogP contribution in [0.2, 0.25) is 0 Å². The van der Waals surface area contributed by atoms with Crippen molar-refractivity contribution in [1.82, 2.24) is 4.98 Å². The van der Waals surface area contributed by atoms with Crippen LogP contribution >= 0.6 is 31.9 Å². The first-order chi connectivity index (χ1) is 9.51. The molecule has 6 nitrogen and oxygen atoms in total. The number of rotatable bonds is 4. The SMILES string of the molecule is CNc1ccc([N+](=O)[O-])c(Oc2ccc(Br)cc2Br)n1. The molecule has 2 rings (SSSR count). The van der Waals surface area contributed by atoms with Crippen LogP contribution in [-0.4, -0.2) is 17.0 Å². The Morgan fingerprint density at radius 1 is 1.30 bits per heavy atom. The monoisotopic (exact) mass is 401 g/mol. The minimum Gasteiger partial charge on any atom is -0.432 e. The van der Waals surface area contributed by atoms with Gasteiger partial charge in [-0.2, -0.15) is 4.98 Å². The molecule has 0 bridgehead atoms. The maximum Gasteiger partial charge on any atom is 0.331 e. The molecular formula is C12H9Br2N3O3. The van der Waals surface area contributed by atoms with Gasteiger partial charge in [-0.1, -0.05) is 15.9 Å². The largest absolute Gasteiger partial charge is 0.432 e. The van der Waals surface area contributed by atoms with E-state index >= 15 is 0 Å². The van der Waals surface area contributed by atoms with Gasteiger partial charge in [-0.15, -0.1) is 0 Å². The molecule has 1 heterocycles. The summed E-state index contributed by atoms with van der Waals surface area (Å²) in [6, 6.07) is 8.10. The van der Waals surface area contributed by atoms with Gasteiger partial charge >= 0.3 is 11.6 Å². The second kappa shape index (κ2) is 6.19. The molecule has 0 aliphatic rings. The molecule has 20 heavy (non-hydrogen) atoms. The molecule has 104 valence electrons. The number of ether oxygens (including phenoxy) is 1. The van der Waals surface area contributed by atoms with Gasteiger partial charge in [-0.3, -0.25) is 10.1 Å². The third kappa shape index (κ3) is 3.26. The van der Waals surface area contributed by atoms with E-state index < -0.39 is 4.92 Å². The zero-order chi connectivity index (χ0) is 14.7. The van der Waals surface area contributed by atoms with Crippen LogP contribution in [-0.2, 0) is 0 Å². The Bertz CT molecular complexity index is 664. The van der Waals surface area contributed by atoms with Gasteiger partial charge in [-0.05, 0) is 40.2 Å². The zero-order valence-corrected chi connectivity index (χ0v) is 13.4. The summed E-state index contributed by atoms with van der Waals surface area (Å²) in [5.74, 6) is 0.862. The van der Waals surface area contributed by atoms with Crippen molar-refractivity contribution in [2.45, 2.75) is 0 Å². The van der Waals surface area contributed by atoms with Crippen molar-refractivity contribution in [1.29, 1.82) is 0 Å². The molecule has 0 spiro atoms. The second-order valence-electron chi connectivity index (χ2n) is 3.70. The van der Waals surface area contributed by atoms with E-state index in [4.69, 9.17) is 4.74 Å². The molecular weight excluding hydrogens is 394 g/mol. The molecule has 0 aliphatic heterocycles. The number of halogens is 2. The summed E-state index contributed by atoms with van der Waals surface area (Å²) < 4.78 is 7.07. The molecule has 0 unspecified atom stereocenters. The molecule has 0 saturated heterocycles. The topological polar surface area (TPSA) is 77.3 Å². The molecule has 2 aromatic rings. The second-order valence-corrected chi connectivity index (χ2v) is 5.47. The fraction of sp³-hybridized carbons (Fsp3) is 0.0833. The van der Waals surface area contributed by atoms with Gasteiger partial charge in [0.05, 0.1) is 9.40 Å². The van der Waals surface area contributed by atoms with Gasteiger partial charge in [-0.25, -0.2) is 0 Å². The van der Waals surface area contributed by atoms with Crippen LogP contribution in [0.4, 0.5) is 11.5 Å². The Morgan fingerprint density at radius 2 is 2.05 bits per heavy atom. The van der Waals surface area contributed by atoms with E-state index in [2.05, 4.69) is 42.2 Å². The van der Waals surface area contributed by atoms with Gasteiger partial charge in [0.15, 0.2) is 0 Å². The third-order valence-corrected chi connectivity index (χ3v) is 3.51. The molecule has 0 radical (unpaired) electrons. The van der Waals surface area contributed by atoms with Crippen molar-refractivity contribution in [3.8, 4) is 11.6 Å². The van der Waals surface area contributed by atoms with Crippen molar-refractivity contribution >= 4 is 43.4 Å². The Hall–Kier alpha value is -1.67. The Balaban J connectivity index is 2.43. The highest BCUT2D eigenvalue weighted by atomic mass is 79.9. The standard InChI is InChI=1S/C12H9Br2N3O3/c1-15-11-5-3-9(17(18)19)12(16-11)20-10-4-2-7(13)6-8(10)14/h2-6H,1H3,(H,15,16). The number of aromatic nitrogens is 1. The van der Waals surface area contributed by atoms with Crippen LogP contribution in [0.3, 0.4) is 0 Å². The average molecular weight is 403 g/mol. The smallest absolute Gasteiger partial charge is 0.331 e. The summed E-state index contributed by atoms with van der Waals surface area (Å²) in [5, 5.41) is 13.8. The lowest BCUT2D eigenvalue weighted by Gasteiger charge is -2.08. The number of anilines is 1. The zero-order valence-electron chi connectivity index (χ0n) is 10.3. The molecule has 0 amide bonds. The normalized spacial score (nSPS) is 10.2. The summed E-state index contributed by atoms with van der Waals surface area (Å²) >= 11 is 6.66. The number of pyridine rings is 1. The summed E-state index contributed by atoms with van der Waals surface area (Å²) in [6.07, 6.45) is 0. The first-order valence-electron chi connectivity index (χ1n) is 5.47. The van der Waals surface area contributed by atoms with E-state index in [-0.39, 0.29) is 11.6 Å². The highest BCUT2D eigenvalue weighted by molar-refractivity contribution is 9.11. The Kier molecular flexibility index (Phi) is 4.56. The van der Waals surface area contributed by atoms with Crippen molar-refractivity contribution in [2.24, 2.45) is 0 Å². The van der Waals surface area contributed by atoms with Crippen molar-refractivity contribution in [3.63, 3.8) is 0 Å². The molecule has 1 aromatic carbocycles. The van der Waals surface area contributed by atoms with Gasteiger partial charge in [0, 0.05) is 17.6 Å². The number of nitro groups is 1. The fourth-order valence-corrected chi connectivity index (χ4v) is 2.58. The first kappa shape index (κ1) is 14.7. The number of hydrogen-bond acceptors (Lipinski definition) is 5. The lowest BCUT2D eigenvalue weighted by Crippen LogP contribution is -1.99. The van der Waals surface area contributed by atoms with Crippen LogP contribution in [0.5, 0.6) is 11.6 Å². The maximum absolute atomic E-state index is 11.0. The molecule has 0 aliphatic carbocycles. The van der Waals surface area contributed by atoms with E-state index in [0.717, 1.165) is 4.47 Å². The highest BCUT2D eigenvalue weighted by Gasteiger charge is 2.19. The van der Waals surface area contributed by atoms with E-state index in [1.165, 1.54) is 12.1 Å². The Labute approximate surface area is 131 Å². The van der Waals surface area contributed by atoms with Crippen LogP contribution in [0.15, 0.2) is 39.3 Å². The molecule has 1 N–H and O–H groups in total. The molecule has 1 aromatic heterocycles. The van der Waals surface area contributed by atoms with E-state index in [1.807, 2.05) is 0 Å². The van der Waals surface area contributed by atoms with Gasteiger partial charge < -0.3 is 10.1 Å². The summed E-state index contributed by atoms with van der Waals surface area (Å²) in [5.41, 5.74) is -0.196. The third-order valence-electron chi connectivity index (χ3n) is 2.39. The van der Waals surface area contributed by atoms with Crippen molar-refractivity contribution < 1.29 is 9.66 Å². The van der Waals surface area contributed by atoms with Gasteiger partial charge in [0.25, 0.3) is 0 Å². The molecule has 0 fully saturated rings. The molecule has 0 atom stereocenters. The number of hydrogen-bond donors (Lipinski definition) is 1.